The second-order valence-electron chi connectivity index (χ2n) is 4.90. The number of amides is 2. The highest BCUT2D eigenvalue weighted by Crippen LogP contribution is 2.27. The molecule has 18 heavy (non-hydrogen) atoms. The minimum absolute atomic E-state index is 0.100. The molecule has 1 saturated heterocycles. The molecule has 3 nitrogen and oxygen atoms in total. The molecule has 1 aliphatic heterocycles. The van der Waals surface area contributed by atoms with E-state index < -0.39 is 0 Å². The predicted octanol–water partition coefficient (Wildman–Crippen LogP) is 2.99. The third-order valence-corrected chi connectivity index (χ3v) is 3.58. The van der Waals surface area contributed by atoms with E-state index in [4.69, 9.17) is 0 Å². The summed E-state index contributed by atoms with van der Waals surface area (Å²) >= 11 is 0. The molecule has 0 radical (unpaired) electrons. The zero-order chi connectivity index (χ0) is 12.8. The maximum absolute atomic E-state index is 11.8. The predicted molar refractivity (Wildman–Crippen MR) is 73.7 cm³/mol. The van der Waals surface area contributed by atoms with Crippen molar-refractivity contribution in [2.45, 2.75) is 32.1 Å². The summed E-state index contributed by atoms with van der Waals surface area (Å²) in [7, 11) is 0. The Labute approximate surface area is 109 Å². The Morgan fingerprint density at radius 2 is 1.94 bits per heavy atom. The van der Waals surface area contributed by atoms with E-state index >= 15 is 0 Å². The second kappa shape index (κ2) is 6.43. The summed E-state index contributed by atoms with van der Waals surface area (Å²) in [4.78, 5) is 13.8. The molecule has 1 N–H and O–H groups in total. The molecular weight excluding hydrogens is 224 g/mol. The number of rotatable bonds is 3. The molecule has 0 spiro atoms. The number of piperidine rings is 1. The van der Waals surface area contributed by atoms with Gasteiger partial charge in [0.05, 0.1) is 0 Å². The van der Waals surface area contributed by atoms with Gasteiger partial charge in [-0.3, -0.25) is 0 Å². The van der Waals surface area contributed by atoms with E-state index in [0.717, 1.165) is 38.9 Å². The Morgan fingerprint density at radius 1 is 1.28 bits per heavy atom. The molecule has 0 aliphatic carbocycles. The van der Waals surface area contributed by atoms with Crippen molar-refractivity contribution in [2.24, 2.45) is 0 Å². The second-order valence-corrected chi connectivity index (χ2v) is 4.90. The molecule has 0 aromatic heterocycles. The Hall–Kier alpha value is -1.51. The summed E-state index contributed by atoms with van der Waals surface area (Å²) < 4.78 is 0. The van der Waals surface area contributed by atoms with Crippen molar-refractivity contribution in [3.8, 4) is 0 Å². The van der Waals surface area contributed by atoms with Crippen molar-refractivity contribution >= 4 is 6.03 Å². The standard InChI is InChI=1S/C15H22N2O/c1-2-10-16-15(18)17-11-8-14(9-12-17)13-6-4-3-5-7-13/h3-7,14H,2,8-12H2,1H3,(H,16,18). The van der Waals surface area contributed by atoms with Crippen molar-refractivity contribution in [3.05, 3.63) is 35.9 Å². The Balaban J connectivity index is 1.83. The monoisotopic (exact) mass is 246 g/mol. The first kappa shape index (κ1) is 12.9. The van der Waals surface area contributed by atoms with E-state index in [1.165, 1.54) is 5.56 Å². The lowest BCUT2D eigenvalue weighted by Gasteiger charge is -2.32. The maximum Gasteiger partial charge on any atom is 0.317 e. The number of benzene rings is 1. The van der Waals surface area contributed by atoms with Gasteiger partial charge in [-0.1, -0.05) is 37.3 Å². The van der Waals surface area contributed by atoms with Crippen LogP contribution < -0.4 is 5.32 Å². The fraction of sp³-hybridized carbons (Fsp3) is 0.533. The molecule has 1 fully saturated rings. The molecule has 1 heterocycles. The van der Waals surface area contributed by atoms with Gasteiger partial charge in [0.1, 0.15) is 0 Å². The molecule has 1 aliphatic rings. The molecule has 2 amide bonds. The third-order valence-electron chi connectivity index (χ3n) is 3.58. The van der Waals surface area contributed by atoms with E-state index in [0.29, 0.717) is 5.92 Å². The van der Waals surface area contributed by atoms with Crippen molar-refractivity contribution < 1.29 is 4.79 Å². The van der Waals surface area contributed by atoms with Gasteiger partial charge in [0.15, 0.2) is 0 Å². The number of hydrogen-bond donors (Lipinski definition) is 1. The van der Waals surface area contributed by atoms with Gasteiger partial charge in [0.25, 0.3) is 0 Å². The van der Waals surface area contributed by atoms with Crippen LogP contribution in [0.5, 0.6) is 0 Å². The average Bonchev–Trinajstić information content (AvgIpc) is 2.46. The number of hydrogen-bond acceptors (Lipinski definition) is 1. The van der Waals surface area contributed by atoms with Crippen LogP contribution in [0.2, 0.25) is 0 Å². The van der Waals surface area contributed by atoms with E-state index in [2.05, 4.69) is 42.6 Å². The van der Waals surface area contributed by atoms with E-state index in [9.17, 15) is 4.79 Å². The molecule has 98 valence electrons. The van der Waals surface area contributed by atoms with Gasteiger partial charge in [-0.25, -0.2) is 4.79 Å². The largest absolute Gasteiger partial charge is 0.338 e. The minimum Gasteiger partial charge on any atom is -0.338 e. The summed E-state index contributed by atoms with van der Waals surface area (Å²) in [6.45, 7) is 4.59. The lowest BCUT2D eigenvalue weighted by molar-refractivity contribution is 0.181. The Kier molecular flexibility index (Phi) is 4.62. The van der Waals surface area contributed by atoms with Gasteiger partial charge in [0, 0.05) is 19.6 Å². The maximum atomic E-state index is 11.8. The number of nitrogens with one attached hydrogen (secondary N) is 1. The normalized spacial score (nSPS) is 16.6. The van der Waals surface area contributed by atoms with Crippen LogP contribution in [0.4, 0.5) is 4.79 Å². The Bertz CT molecular complexity index is 369. The quantitative estimate of drug-likeness (QED) is 0.873. The van der Waals surface area contributed by atoms with Crippen LogP contribution in [0.3, 0.4) is 0 Å². The van der Waals surface area contributed by atoms with Gasteiger partial charge < -0.3 is 10.2 Å². The molecular formula is C15H22N2O. The van der Waals surface area contributed by atoms with Crippen molar-refractivity contribution in [1.29, 1.82) is 0 Å². The summed E-state index contributed by atoms with van der Waals surface area (Å²) in [5, 5.41) is 2.94. The van der Waals surface area contributed by atoms with Crippen molar-refractivity contribution in [1.82, 2.24) is 10.2 Å². The van der Waals surface area contributed by atoms with Crippen molar-refractivity contribution in [2.75, 3.05) is 19.6 Å². The minimum atomic E-state index is 0.100. The zero-order valence-corrected chi connectivity index (χ0v) is 11.1. The fourth-order valence-corrected chi connectivity index (χ4v) is 2.48. The molecule has 0 bridgehead atoms. The third kappa shape index (κ3) is 3.25. The molecule has 0 atom stereocenters. The first-order valence-electron chi connectivity index (χ1n) is 6.89. The van der Waals surface area contributed by atoms with Crippen LogP contribution in [0.25, 0.3) is 0 Å². The highest BCUT2D eigenvalue weighted by atomic mass is 16.2. The number of carbonyl (C=O) groups is 1. The highest BCUT2D eigenvalue weighted by Gasteiger charge is 2.23. The number of urea groups is 1. The van der Waals surface area contributed by atoms with Crippen LogP contribution in [0, 0.1) is 0 Å². The fourth-order valence-electron chi connectivity index (χ4n) is 2.48. The lowest BCUT2D eigenvalue weighted by Crippen LogP contribution is -2.44. The summed E-state index contributed by atoms with van der Waals surface area (Å²) in [5.74, 6) is 0.612. The van der Waals surface area contributed by atoms with Gasteiger partial charge in [-0.05, 0) is 30.7 Å². The van der Waals surface area contributed by atoms with Crippen LogP contribution in [0.1, 0.15) is 37.7 Å². The number of nitrogens with zero attached hydrogens (tertiary/aromatic N) is 1. The summed E-state index contributed by atoms with van der Waals surface area (Å²) in [6, 6.07) is 10.7. The van der Waals surface area contributed by atoms with Gasteiger partial charge in [0.2, 0.25) is 0 Å². The van der Waals surface area contributed by atoms with Crippen molar-refractivity contribution in [3.63, 3.8) is 0 Å². The van der Waals surface area contributed by atoms with Crippen LogP contribution in [-0.2, 0) is 0 Å². The number of likely N-dealkylation sites (tertiary alicyclic amines) is 1. The first-order chi connectivity index (χ1) is 8.81. The van der Waals surface area contributed by atoms with Gasteiger partial charge in [-0.15, -0.1) is 0 Å². The molecule has 0 saturated carbocycles. The van der Waals surface area contributed by atoms with Crippen LogP contribution in [0.15, 0.2) is 30.3 Å². The van der Waals surface area contributed by atoms with E-state index in [-0.39, 0.29) is 6.03 Å². The highest BCUT2D eigenvalue weighted by molar-refractivity contribution is 5.74. The van der Waals surface area contributed by atoms with Crippen LogP contribution >= 0.6 is 0 Å². The molecule has 3 heteroatoms. The average molecular weight is 246 g/mol. The zero-order valence-electron chi connectivity index (χ0n) is 11.1. The first-order valence-corrected chi connectivity index (χ1v) is 6.89. The summed E-state index contributed by atoms with van der Waals surface area (Å²) in [6.07, 6.45) is 3.14. The molecule has 2 rings (SSSR count). The lowest BCUT2D eigenvalue weighted by atomic mass is 9.90. The number of carbonyl (C=O) groups excluding carboxylic acids is 1. The molecule has 1 aromatic rings. The molecule has 0 unspecified atom stereocenters. The molecule has 1 aromatic carbocycles. The van der Waals surface area contributed by atoms with Crippen LogP contribution in [-0.4, -0.2) is 30.6 Å². The van der Waals surface area contributed by atoms with E-state index in [1.54, 1.807) is 0 Å². The summed E-state index contributed by atoms with van der Waals surface area (Å²) in [5.41, 5.74) is 1.41. The smallest absolute Gasteiger partial charge is 0.317 e. The van der Waals surface area contributed by atoms with Gasteiger partial charge >= 0.3 is 6.03 Å². The van der Waals surface area contributed by atoms with E-state index in [1.807, 2.05) is 4.90 Å². The SMILES string of the molecule is CCCNC(=O)N1CCC(c2ccccc2)CC1. The van der Waals surface area contributed by atoms with Gasteiger partial charge in [-0.2, -0.15) is 0 Å². The Morgan fingerprint density at radius 3 is 2.56 bits per heavy atom. The topological polar surface area (TPSA) is 32.3 Å².